The van der Waals surface area contributed by atoms with E-state index in [-0.39, 0.29) is 23.4 Å². The van der Waals surface area contributed by atoms with E-state index in [0.29, 0.717) is 18.8 Å². The third-order valence-electron chi connectivity index (χ3n) is 4.74. The molecule has 120 valence electrons. The van der Waals surface area contributed by atoms with Gasteiger partial charge in [-0.3, -0.25) is 4.79 Å². The van der Waals surface area contributed by atoms with Crippen LogP contribution in [0.2, 0.25) is 0 Å². The van der Waals surface area contributed by atoms with Gasteiger partial charge in [-0.15, -0.1) is 0 Å². The van der Waals surface area contributed by atoms with Crippen LogP contribution in [0.5, 0.6) is 0 Å². The number of likely N-dealkylation sites (tertiary alicyclic amines) is 1. The van der Waals surface area contributed by atoms with Crippen LogP contribution in [-0.2, 0) is 4.79 Å². The predicted molar refractivity (Wildman–Crippen MR) is 81.0 cm³/mol. The van der Waals surface area contributed by atoms with Gasteiger partial charge < -0.3 is 15.3 Å². The standard InChI is InChI=1S/C16H28N2O3/c1-11-8-16(2,3)10-18(9-11)15(21)17-13-6-4-12(5-7-13)14(19)20/h11-13H,4-10H2,1-3H3,(H,17,21)(H,19,20). The number of hydrogen-bond donors (Lipinski definition) is 2. The van der Waals surface area contributed by atoms with Gasteiger partial charge in [0.05, 0.1) is 5.92 Å². The molecule has 21 heavy (non-hydrogen) atoms. The summed E-state index contributed by atoms with van der Waals surface area (Å²) in [7, 11) is 0. The van der Waals surface area contributed by atoms with Crippen molar-refractivity contribution in [1.82, 2.24) is 10.2 Å². The first-order valence-corrected chi connectivity index (χ1v) is 8.05. The zero-order chi connectivity index (χ0) is 15.6. The average Bonchev–Trinajstić information content (AvgIpc) is 2.36. The van der Waals surface area contributed by atoms with E-state index >= 15 is 0 Å². The average molecular weight is 296 g/mol. The Morgan fingerprint density at radius 1 is 1.19 bits per heavy atom. The van der Waals surface area contributed by atoms with Crippen LogP contribution in [0.4, 0.5) is 4.79 Å². The fraction of sp³-hybridized carbons (Fsp3) is 0.875. The molecule has 1 unspecified atom stereocenters. The van der Waals surface area contributed by atoms with E-state index in [1.54, 1.807) is 0 Å². The summed E-state index contributed by atoms with van der Waals surface area (Å²) in [4.78, 5) is 25.3. The van der Waals surface area contributed by atoms with Gasteiger partial charge >= 0.3 is 12.0 Å². The molecule has 5 heteroatoms. The van der Waals surface area contributed by atoms with Gasteiger partial charge in [-0.25, -0.2) is 4.79 Å². The summed E-state index contributed by atoms with van der Waals surface area (Å²) in [6.07, 6.45) is 4.04. The molecule has 5 nitrogen and oxygen atoms in total. The van der Waals surface area contributed by atoms with Gasteiger partial charge in [-0.2, -0.15) is 0 Å². The molecule has 2 fully saturated rings. The lowest BCUT2D eigenvalue weighted by atomic mass is 9.79. The summed E-state index contributed by atoms with van der Waals surface area (Å²) in [6, 6.07) is 0.154. The normalized spacial score (nSPS) is 32.5. The van der Waals surface area contributed by atoms with Crippen molar-refractivity contribution < 1.29 is 14.7 Å². The SMILES string of the molecule is CC1CN(C(=O)NC2CCC(C(=O)O)CC2)CC(C)(C)C1. The fourth-order valence-corrected chi connectivity index (χ4v) is 3.94. The summed E-state index contributed by atoms with van der Waals surface area (Å²) in [5.41, 5.74) is 0.177. The van der Waals surface area contributed by atoms with Gasteiger partial charge in [-0.1, -0.05) is 20.8 Å². The zero-order valence-electron chi connectivity index (χ0n) is 13.4. The monoisotopic (exact) mass is 296 g/mol. The number of nitrogens with zero attached hydrogens (tertiary/aromatic N) is 1. The largest absolute Gasteiger partial charge is 0.481 e. The van der Waals surface area contributed by atoms with Crippen molar-refractivity contribution in [3.05, 3.63) is 0 Å². The van der Waals surface area contributed by atoms with Crippen molar-refractivity contribution in [2.24, 2.45) is 17.3 Å². The Bertz CT molecular complexity index is 400. The highest BCUT2D eigenvalue weighted by atomic mass is 16.4. The Labute approximate surface area is 127 Å². The molecule has 2 aliphatic rings. The maximum absolute atomic E-state index is 12.4. The summed E-state index contributed by atoms with van der Waals surface area (Å²) in [5.74, 6) is -0.402. The van der Waals surface area contributed by atoms with E-state index in [1.165, 1.54) is 0 Å². The molecule has 1 heterocycles. The maximum atomic E-state index is 12.4. The van der Waals surface area contributed by atoms with Crippen LogP contribution in [0.3, 0.4) is 0 Å². The third kappa shape index (κ3) is 4.35. The topological polar surface area (TPSA) is 69.6 Å². The molecule has 1 atom stereocenters. The van der Waals surface area contributed by atoms with E-state index in [4.69, 9.17) is 5.11 Å². The Balaban J connectivity index is 1.83. The number of carboxylic acid groups (broad SMARTS) is 1. The highest BCUT2D eigenvalue weighted by Crippen LogP contribution is 2.32. The number of urea groups is 1. The van der Waals surface area contributed by atoms with Gasteiger partial charge in [-0.05, 0) is 43.4 Å². The second kappa shape index (κ2) is 6.24. The molecule has 1 saturated carbocycles. The van der Waals surface area contributed by atoms with Crippen LogP contribution < -0.4 is 5.32 Å². The van der Waals surface area contributed by atoms with E-state index in [2.05, 4.69) is 26.1 Å². The molecule has 0 bridgehead atoms. The molecular weight excluding hydrogens is 268 g/mol. The first kappa shape index (κ1) is 16.1. The second-order valence-corrected chi connectivity index (χ2v) is 7.69. The van der Waals surface area contributed by atoms with Gasteiger partial charge in [0.2, 0.25) is 0 Å². The van der Waals surface area contributed by atoms with Crippen LogP contribution in [0, 0.1) is 17.3 Å². The summed E-state index contributed by atoms with van der Waals surface area (Å²) < 4.78 is 0. The van der Waals surface area contributed by atoms with Crippen LogP contribution in [0.1, 0.15) is 52.9 Å². The quantitative estimate of drug-likeness (QED) is 0.823. The lowest BCUT2D eigenvalue weighted by Gasteiger charge is -2.42. The Morgan fingerprint density at radius 2 is 1.81 bits per heavy atom. The molecule has 0 aromatic carbocycles. The zero-order valence-corrected chi connectivity index (χ0v) is 13.4. The molecule has 0 radical (unpaired) electrons. The maximum Gasteiger partial charge on any atom is 0.317 e. The smallest absolute Gasteiger partial charge is 0.317 e. The molecule has 2 rings (SSSR count). The summed E-state index contributed by atoms with van der Waals surface area (Å²) in [5, 5.41) is 12.1. The van der Waals surface area contributed by atoms with E-state index in [0.717, 1.165) is 32.4 Å². The molecule has 0 aromatic rings. The van der Waals surface area contributed by atoms with Crippen molar-refractivity contribution in [3.63, 3.8) is 0 Å². The van der Waals surface area contributed by atoms with Crippen molar-refractivity contribution in [2.45, 2.75) is 58.9 Å². The third-order valence-corrected chi connectivity index (χ3v) is 4.74. The minimum atomic E-state index is -0.702. The van der Waals surface area contributed by atoms with Crippen LogP contribution in [0.15, 0.2) is 0 Å². The molecule has 0 aromatic heterocycles. The van der Waals surface area contributed by atoms with Gasteiger partial charge in [0.15, 0.2) is 0 Å². The molecular formula is C16H28N2O3. The lowest BCUT2D eigenvalue weighted by Crippen LogP contribution is -2.53. The molecule has 0 spiro atoms. The van der Waals surface area contributed by atoms with Gasteiger partial charge in [0, 0.05) is 19.1 Å². The van der Waals surface area contributed by atoms with Crippen LogP contribution >= 0.6 is 0 Å². The Kier molecular flexibility index (Phi) is 4.79. The first-order chi connectivity index (χ1) is 9.77. The van der Waals surface area contributed by atoms with E-state index in [9.17, 15) is 9.59 Å². The number of hydrogen-bond acceptors (Lipinski definition) is 2. The molecule has 1 aliphatic heterocycles. The molecule has 2 amide bonds. The van der Waals surface area contributed by atoms with Crippen LogP contribution in [-0.4, -0.2) is 41.1 Å². The number of aliphatic carboxylic acids is 1. The van der Waals surface area contributed by atoms with E-state index < -0.39 is 5.97 Å². The number of rotatable bonds is 2. The minimum absolute atomic E-state index is 0.0217. The van der Waals surface area contributed by atoms with Gasteiger partial charge in [0.25, 0.3) is 0 Å². The molecule has 2 N–H and O–H groups in total. The number of carbonyl (C=O) groups excluding carboxylic acids is 1. The first-order valence-electron chi connectivity index (χ1n) is 8.05. The highest BCUT2D eigenvalue weighted by Gasteiger charge is 2.34. The fourth-order valence-electron chi connectivity index (χ4n) is 3.94. The molecule has 1 aliphatic carbocycles. The Hall–Kier alpha value is -1.26. The number of carboxylic acids is 1. The molecule has 1 saturated heterocycles. The van der Waals surface area contributed by atoms with Crippen molar-refractivity contribution in [3.8, 4) is 0 Å². The minimum Gasteiger partial charge on any atom is -0.481 e. The van der Waals surface area contributed by atoms with Crippen LogP contribution in [0.25, 0.3) is 0 Å². The van der Waals surface area contributed by atoms with Gasteiger partial charge in [0.1, 0.15) is 0 Å². The van der Waals surface area contributed by atoms with Crippen molar-refractivity contribution >= 4 is 12.0 Å². The predicted octanol–water partition coefficient (Wildman–Crippen LogP) is 2.71. The van der Waals surface area contributed by atoms with Crippen molar-refractivity contribution in [1.29, 1.82) is 0 Å². The lowest BCUT2D eigenvalue weighted by molar-refractivity contribution is -0.142. The number of amides is 2. The number of carbonyl (C=O) groups is 2. The van der Waals surface area contributed by atoms with Crippen molar-refractivity contribution in [2.75, 3.05) is 13.1 Å². The van der Waals surface area contributed by atoms with E-state index in [1.807, 2.05) is 4.90 Å². The Morgan fingerprint density at radius 3 is 2.33 bits per heavy atom. The summed E-state index contributed by atoms with van der Waals surface area (Å²) in [6.45, 7) is 8.23. The summed E-state index contributed by atoms with van der Waals surface area (Å²) >= 11 is 0. The second-order valence-electron chi connectivity index (χ2n) is 7.69. The number of piperidine rings is 1. The highest BCUT2D eigenvalue weighted by molar-refractivity contribution is 5.75. The number of nitrogens with one attached hydrogen (secondary N) is 1.